The first-order chi connectivity index (χ1) is 5.24. The zero-order valence-electron chi connectivity index (χ0n) is 6.96. The first-order valence-corrected chi connectivity index (χ1v) is 5.30. The number of halogens is 1. The summed E-state index contributed by atoms with van der Waals surface area (Å²) in [4.78, 5) is 2.34. The maximum absolute atomic E-state index is 9.36. The molecule has 0 amide bonds. The Kier molecular flexibility index (Phi) is 3.82. The molecule has 3 heteroatoms. The van der Waals surface area contributed by atoms with Crippen LogP contribution in [0.5, 0.6) is 0 Å². The summed E-state index contributed by atoms with van der Waals surface area (Å²) in [6.45, 7) is 1.19. The summed E-state index contributed by atoms with van der Waals surface area (Å²) in [5.74, 6) is 0. The summed E-state index contributed by atoms with van der Waals surface area (Å²) >= 11 is 3.27. The van der Waals surface area contributed by atoms with Crippen LogP contribution in [0.3, 0.4) is 0 Å². The molecule has 1 N–H and O–H groups in total. The number of rotatable bonds is 3. The molecule has 1 saturated heterocycles. The fraction of sp³-hybridized carbons (Fsp3) is 1.00. The van der Waals surface area contributed by atoms with E-state index in [4.69, 9.17) is 0 Å². The lowest BCUT2D eigenvalue weighted by atomic mass is 10.1. The Morgan fingerprint density at radius 1 is 1.73 bits per heavy atom. The summed E-state index contributed by atoms with van der Waals surface area (Å²) in [7, 11) is 2.14. The van der Waals surface area contributed by atoms with E-state index in [1.165, 1.54) is 19.4 Å². The summed E-state index contributed by atoms with van der Waals surface area (Å²) in [6, 6.07) is 0.613. The number of likely N-dealkylation sites (tertiary alicyclic amines) is 1. The molecule has 11 heavy (non-hydrogen) atoms. The lowest BCUT2D eigenvalue weighted by molar-refractivity contribution is 0.149. The number of nitrogens with zero attached hydrogens (tertiary/aromatic N) is 1. The smallest absolute Gasteiger partial charge is 0.0651 e. The zero-order chi connectivity index (χ0) is 8.27. The first-order valence-electron chi connectivity index (χ1n) is 4.18. The molecule has 0 aromatic rings. The second-order valence-electron chi connectivity index (χ2n) is 3.32. The highest BCUT2D eigenvalue weighted by Crippen LogP contribution is 2.19. The molecule has 2 nitrogen and oxygen atoms in total. The molecular formula is C8H16BrNO. The van der Waals surface area contributed by atoms with Crippen LogP contribution in [0.4, 0.5) is 0 Å². The largest absolute Gasteiger partial charge is 0.392 e. The maximum Gasteiger partial charge on any atom is 0.0651 e. The maximum atomic E-state index is 9.36. The van der Waals surface area contributed by atoms with Crippen molar-refractivity contribution in [3.63, 3.8) is 0 Å². The molecule has 1 aliphatic heterocycles. The molecule has 0 bridgehead atoms. The van der Waals surface area contributed by atoms with E-state index in [2.05, 4.69) is 27.9 Å². The highest BCUT2D eigenvalue weighted by molar-refractivity contribution is 9.09. The molecule has 66 valence electrons. The van der Waals surface area contributed by atoms with Gasteiger partial charge in [-0.25, -0.2) is 0 Å². The highest BCUT2D eigenvalue weighted by Gasteiger charge is 2.22. The van der Waals surface area contributed by atoms with Crippen LogP contribution in [0, 0.1) is 0 Å². The van der Waals surface area contributed by atoms with Gasteiger partial charge in [-0.2, -0.15) is 0 Å². The van der Waals surface area contributed by atoms with Gasteiger partial charge in [-0.15, -0.1) is 0 Å². The number of alkyl halides is 1. The number of hydrogen-bond donors (Lipinski definition) is 1. The molecule has 0 spiro atoms. The van der Waals surface area contributed by atoms with E-state index in [0.29, 0.717) is 11.4 Å². The fourth-order valence-corrected chi connectivity index (χ4v) is 1.92. The van der Waals surface area contributed by atoms with Crippen molar-refractivity contribution in [1.29, 1.82) is 0 Å². The normalized spacial score (nSPS) is 29.2. The van der Waals surface area contributed by atoms with Crippen molar-refractivity contribution in [2.24, 2.45) is 0 Å². The van der Waals surface area contributed by atoms with Gasteiger partial charge in [0.25, 0.3) is 0 Å². The van der Waals surface area contributed by atoms with Crippen LogP contribution in [0.15, 0.2) is 0 Å². The molecule has 2 atom stereocenters. The highest BCUT2D eigenvalue weighted by atomic mass is 79.9. The monoisotopic (exact) mass is 221 g/mol. The van der Waals surface area contributed by atoms with E-state index < -0.39 is 0 Å². The fourth-order valence-electron chi connectivity index (χ4n) is 1.65. The lowest BCUT2D eigenvalue weighted by Gasteiger charge is -2.21. The Morgan fingerprint density at radius 2 is 2.45 bits per heavy atom. The Hall–Kier alpha value is 0.400. The van der Waals surface area contributed by atoms with E-state index in [0.717, 1.165) is 6.42 Å². The van der Waals surface area contributed by atoms with Gasteiger partial charge in [0.2, 0.25) is 0 Å². The van der Waals surface area contributed by atoms with E-state index in [1.807, 2.05) is 0 Å². The van der Waals surface area contributed by atoms with Gasteiger partial charge in [-0.1, -0.05) is 15.9 Å². The molecule has 0 radical (unpaired) electrons. The summed E-state index contributed by atoms with van der Waals surface area (Å²) < 4.78 is 0. The number of aliphatic hydroxyl groups is 1. The van der Waals surface area contributed by atoms with Gasteiger partial charge in [-0.05, 0) is 32.9 Å². The molecule has 2 unspecified atom stereocenters. The number of aliphatic hydroxyl groups excluding tert-OH is 1. The van der Waals surface area contributed by atoms with Crippen molar-refractivity contribution in [2.75, 3.05) is 18.9 Å². The predicted molar refractivity (Wildman–Crippen MR) is 50.1 cm³/mol. The molecule has 1 rings (SSSR count). The quantitative estimate of drug-likeness (QED) is 0.726. The van der Waals surface area contributed by atoms with Gasteiger partial charge in [-0.3, -0.25) is 0 Å². The van der Waals surface area contributed by atoms with Crippen LogP contribution in [0.2, 0.25) is 0 Å². The molecule has 0 aromatic heterocycles. The minimum atomic E-state index is -0.166. The van der Waals surface area contributed by atoms with Crippen molar-refractivity contribution in [1.82, 2.24) is 4.90 Å². The second-order valence-corrected chi connectivity index (χ2v) is 3.97. The van der Waals surface area contributed by atoms with Gasteiger partial charge in [0.05, 0.1) is 6.10 Å². The van der Waals surface area contributed by atoms with Crippen LogP contribution in [-0.2, 0) is 0 Å². The van der Waals surface area contributed by atoms with Crippen LogP contribution in [0.25, 0.3) is 0 Å². The van der Waals surface area contributed by atoms with Crippen LogP contribution in [0.1, 0.15) is 19.3 Å². The predicted octanol–water partition coefficient (Wildman–Crippen LogP) is 1.23. The molecule has 1 aliphatic rings. The van der Waals surface area contributed by atoms with Crippen molar-refractivity contribution >= 4 is 15.9 Å². The number of hydrogen-bond acceptors (Lipinski definition) is 2. The second kappa shape index (κ2) is 4.43. The zero-order valence-corrected chi connectivity index (χ0v) is 8.55. The van der Waals surface area contributed by atoms with Gasteiger partial charge >= 0.3 is 0 Å². The molecular weight excluding hydrogens is 206 g/mol. The Balaban J connectivity index is 2.24. The van der Waals surface area contributed by atoms with E-state index in [1.54, 1.807) is 0 Å². The minimum Gasteiger partial charge on any atom is -0.392 e. The van der Waals surface area contributed by atoms with Crippen LogP contribution >= 0.6 is 15.9 Å². The van der Waals surface area contributed by atoms with Crippen molar-refractivity contribution in [3.8, 4) is 0 Å². The average molecular weight is 222 g/mol. The van der Waals surface area contributed by atoms with Crippen LogP contribution in [-0.4, -0.2) is 41.1 Å². The van der Waals surface area contributed by atoms with Crippen molar-refractivity contribution in [2.45, 2.75) is 31.4 Å². The Morgan fingerprint density at radius 3 is 2.91 bits per heavy atom. The average Bonchev–Trinajstić information content (AvgIpc) is 2.37. The van der Waals surface area contributed by atoms with Crippen molar-refractivity contribution in [3.05, 3.63) is 0 Å². The molecule has 0 saturated carbocycles. The van der Waals surface area contributed by atoms with E-state index in [-0.39, 0.29) is 6.10 Å². The summed E-state index contributed by atoms with van der Waals surface area (Å²) in [5, 5.41) is 10.1. The van der Waals surface area contributed by atoms with Crippen molar-refractivity contribution < 1.29 is 5.11 Å². The Bertz CT molecular complexity index is 121. The molecule has 1 heterocycles. The third-order valence-electron chi connectivity index (χ3n) is 2.39. The third-order valence-corrected chi connectivity index (χ3v) is 3.14. The summed E-state index contributed by atoms with van der Waals surface area (Å²) in [6.07, 6.45) is 3.29. The molecule has 1 fully saturated rings. The van der Waals surface area contributed by atoms with Gasteiger partial charge in [0, 0.05) is 11.4 Å². The molecule has 0 aromatic carbocycles. The van der Waals surface area contributed by atoms with Gasteiger partial charge in [0.1, 0.15) is 0 Å². The lowest BCUT2D eigenvalue weighted by Crippen LogP contribution is -2.29. The third kappa shape index (κ3) is 2.73. The van der Waals surface area contributed by atoms with Crippen LogP contribution < -0.4 is 0 Å². The minimum absolute atomic E-state index is 0.166. The first kappa shape index (κ1) is 9.49. The van der Waals surface area contributed by atoms with E-state index in [9.17, 15) is 5.11 Å². The summed E-state index contributed by atoms with van der Waals surface area (Å²) in [5.41, 5.74) is 0. The topological polar surface area (TPSA) is 23.5 Å². The molecule has 0 aliphatic carbocycles. The SMILES string of the molecule is CN1CCCC1CC(O)CBr. The standard InChI is InChI=1S/C8H16BrNO/c1-10-4-2-3-7(10)5-8(11)6-9/h7-8,11H,2-6H2,1H3. The van der Waals surface area contributed by atoms with Gasteiger partial charge in [0.15, 0.2) is 0 Å². The Labute approximate surface area is 76.7 Å². The van der Waals surface area contributed by atoms with E-state index >= 15 is 0 Å². The van der Waals surface area contributed by atoms with Gasteiger partial charge < -0.3 is 10.0 Å².